The second-order valence-corrected chi connectivity index (χ2v) is 6.65. The largest absolute Gasteiger partial charge is 0.326 e. The van der Waals surface area contributed by atoms with Gasteiger partial charge in [-0.15, -0.1) is 11.8 Å². The smallest absolute Gasteiger partial charge is 0.237 e. The predicted octanol–water partition coefficient (Wildman–Crippen LogP) is 3.22. The van der Waals surface area contributed by atoms with Crippen LogP contribution in [-0.2, 0) is 16.0 Å². The number of fused-ring (bicyclic) bond motifs is 1. The van der Waals surface area contributed by atoms with Gasteiger partial charge in [-0.1, -0.05) is 24.3 Å². The second kappa shape index (κ2) is 7.86. The van der Waals surface area contributed by atoms with Gasteiger partial charge in [0.15, 0.2) is 0 Å². The Balaban J connectivity index is 1.59. The van der Waals surface area contributed by atoms with E-state index in [9.17, 15) is 9.59 Å². The molecule has 0 spiro atoms. The predicted molar refractivity (Wildman–Crippen MR) is 98.5 cm³/mol. The van der Waals surface area contributed by atoms with Crippen molar-refractivity contribution in [2.75, 3.05) is 22.5 Å². The summed E-state index contributed by atoms with van der Waals surface area (Å²) in [5.74, 6) is 0.285. The highest BCUT2D eigenvalue weighted by Gasteiger charge is 2.24. The molecule has 0 unspecified atom stereocenters. The lowest BCUT2D eigenvalue weighted by Crippen LogP contribution is -2.37. The minimum atomic E-state index is -0.142. The zero-order chi connectivity index (χ0) is 17.6. The molecule has 126 valence electrons. The molecule has 0 radical (unpaired) electrons. The van der Waals surface area contributed by atoms with Gasteiger partial charge in [0.2, 0.25) is 11.8 Å². The van der Waals surface area contributed by atoms with Crippen LogP contribution in [0.2, 0.25) is 0 Å². The van der Waals surface area contributed by atoms with Crippen molar-refractivity contribution in [3.63, 3.8) is 0 Å². The molecule has 1 aliphatic heterocycles. The van der Waals surface area contributed by atoms with E-state index in [0.29, 0.717) is 24.4 Å². The van der Waals surface area contributed by atoms with E-state index < -0.39 is 0 Å². The van der Waals surface area contributed by atoms with E-state index in [1.165, 1.54) is 11.8 Å². The fourth-order valence-corrected chi connectivity index (χ4v) is 3.57. The van der Waals surface area contributed by atoms with Crippen molar-refractivity contribution in [3.05, 3.63) is 54.1 Å². The Hall–Kier alpha value is -2.78. The van der Waals surface area contributed by atoms with Gasteiger partial charge in [0.1, 0.15) is 0 Å². The quantitative estimate of drug-likeness (QED) is 0.898. The number of thioether (sulfide) groups is 1. The molecule has 6 heteroatoms. The van der Waals surface area contributed by atoms with Gasteiger partial charge in [-0.25, -0.2) is 0 Å². The van der Waals surface area contributed by atoms with Crippen molar-refractivity contribution in [2.45, 2.75) is 17.7 Å². The first-order valence-electron chi connectivity index (χ1n) is 7.95. The highest BCUT2D eigenvalue weighted by molar-refractivity contribution is 8.00. The SMILES string of the molecule is N#CCc1ccc(NC(=O)CCN2C(=O)CSc3ccccc32)cc1. The summed E-state index contributed by atoms with van der Waals surface area (Å²) in [5.41, 5.74) is 2.47. The van der Waals surface area contributed by atoms with Gasteiger partial charge in [-0.2, -0.15) is 5.26 Å². The molecule has 1 heterocycles. The van der Waals surface area contributed by atoms with Gasteiger partial charge >= 0.3 is 0 Å². The fraction of sp³-hybridized carbons (Fsp3) is 0.211. The number of hydrogen-bond donors (Lipinski definition) is 1. The van der Waals surface area contributed by atoms with Crippen LogP contribution in [0.4, 0.5) is 11.4 Å². The third-order valence-electron chi connectivity index (χ3n) is 3.89. The van der Waals surface area contributed by atoms with Crippen LogP contribution in [0.3, 0.4) is 0 Å². The van der Waals surface area contributed by atoms with E-state index in [4.69, 9.17) is 5.26 Å². The summed E-state index contributed by atoms with van der Waals surface area (Å²) in [7, 11) is 0. The summed E-state index contributed by atoms with van der Waals surface area (Å²) in [5, 5.41) is 11.5. The van der Waals surface area contributed by atoms with Crippen LogP contribution in [0.1, 0.15) is 12.0 Å². The molecule has 0 bridgehead atoms. The van der Waals surface area contributed by atoms with Crippen LogP contribution in [0.5, 0.6) is 0 Å². The van der Waals surface area contributed by atoms with E-state index in [-0.39, 0.29) is 18.2 Å². The lowest BCUT2D eigenvalue weighted by molar-refractivity contribution is -0.117. The van der Waals surface area contributed by atoms with E-state index in [0.717, 1.165) is 16.1 Å². The van der Waals surface area contributed by atoms with E-state index in [1.807, 2.05) is 36.4 Å². The maximum Gasteiger partial charge on any atom is 0.237 e. The Morgan fingerprint density at radius 1 is 1.20 bits per heavy atom. The molecule has 0 saturated carbocycles. The van der Waals surface area contributed by atoms with Gasteiger partial charge in [0.25, 0.3) is 0 Å². The number of anilines is 2. The Morgan fingerprint density at radius 2 is 1.96 bits per heavy atom. The van der Waals surface area contributed by atoms with E-state index in [1.54, 1.807) is 17.0 Å². The highest BCUT2D eigenvalue weighted by atomic mass is 32.2. The number of carbonyl (C=O) groups is 2. The average molecular weight is 351 g/mol. The van der Waals surface area contributed by atoms with Gasteiger partial charge in [-0.3, -0.25) is 9.59 Å². The Kier molecular flexibility index (Phi) is 5.36. The number of nitrogens with zero attached hydrogens (tertiary/aromatic N) is 2. The molecule has 0 saturated heterocycles. The summed E-state index contributed by atoms with van der Waals surface area (Å²) in [4.78, 5) is 27.1. The van der Waals surface area contributed by atoms with Crippen molar-refractivity contribution in [3.8, 4) is 6.07 Å². The minimum Gasteiger partial charge on any atom is -0.326 e. The molecule has 5 nitrogen and oxygen atoms in total. The number of para-hydroxylation sites is 1. The molecule has 0 aromatic heterocycles. The van der Waals surface area contributed by atoms with E-state index in [2.05, 4.69) is 11.4 Å². The molecule has 0 fully saturated rings. The summed E-state index contributed by atoms with van der Waals surface area (Å²) < 4.78 is 0. The van der Waals surface area contributed by atoms with Crippen LogP contribution in [-0.4, -0.2) is 24.1 Å². The van der Waals surface area contributed by atoms with Crippen molar-refractivity contribution < 1.29 is 9.59 Å². The number of hydrogen-bond acceptors (Lipinski definition) is 4. The monoisotopic (exact) mass is 351 g/mol. The Labute approximate surface area is 150 Å². The Bertz CT molecular complexity index is 827. The van der Waals surface area contributed by atoms with Crippen molar-refractivity contribution in [2.24, 2.45) is 0 Å². The van der Waals surface area contributed by atoms with Crippen molar-refractivity contribution in [1.29, 1.82) is 5.26 Å². The Morgan fingerprint density at radius 3 is 2.72 bits per heavy atom. The van der Waals surface area contributed by atoms with Crippen LogP contribution < -0.4 is 10.2 Å². The first-order valence-corrected chi connectivity index (χ1v) is 8.94. The number of carbonyl (C=O) groups excluding carboxylic acids is 2. The zero-order valence-electron chi connectivity index (χ0n) is 13.6. The average Bonchev–Trinajstić information content (AvgIpc) is 2.63. The number of nitriles is 1. The van der Waals surface area contributed by atoms with Crippen LogP contribution in [0, 0.1) is 11.3 Å². The third kappa shape index (κ3) is 4.20. The number of benzene rings is 2. The maximum atomic E-state index is 12.2. The molecular weight excluding hydrogens is 334 g/mol. The summed E-state index contributed by atoms with van der Waals surface area (Å²) in [6.07, 6.45) is 0.577. The molecule has 25 heavy (non-hydrogen) atoms. The summed E-state index contributed by atoms with van der Waals surface area (Å²) in [6, 6.07) is 17.0. The molecule has 3 rings (SSSR count). The molecule has 2 amide bonds. The second-order valence-electron chi connectivity index (χ2n) is 5.63. The topological polar surface area (TPSA) is 73.2 Å². The van der Waals surface area contributed by atoms with Gasteiger partial charge in [0, 0.05) is 23.5 Å². The first kappa shape index (κ1) is 17.1. The number of amides is 2. The molecule has 1 aliphatic rings. The standard InChI is InChI=1S/C19H17N3O2S/c20-11-9-14-5-7-15(8-6-14)21-18(23)10-12-22-16-3-1-2-4-17(16)25-13-19(22)24/h1-8H,9-10,12-13H2,(H,21,23). The molecule has 0 aliphatic carbocycles. The normalized spacial score (nSPS) is 13.1. The van der Waals surface area contributed by atoms with Crippen molar-refractivity contribution in [1.82, 2.24) is 0 Å². The molecule has 2 aromatic rings. The lowest BCUT2D eigenvalue weighted by atomic mass is 10.1. The summed E-state index contributed by atoms with van der Waals surface area (Å²) in [6.45, 7) is 0.356. The van der Waals surface area contributed by atoms with Crippen LogP contribution in [0.15, 0.2) is 53.4 Å². The van der Waals surface area contributed by atoms with E-state index >= 15 is 0 Å². The third-order valence-corrected chi connectivity index (χ3v) is 4.94. The number of rotatable bonds is 5. The highest BCUT2D eigenvalue weighted by Crippen LogP contribution is 2.34. The van der Waals surface area contributed by atoms with Gasteiger partial charge < -0.3 is 10.2 Å². The van der Waals surface area contributed by atoms with Gasteiger partial charge in [-0.05, 0) is 29.8 Å². The van der Waals surface area contributed by atoms with Gasteiger partial charge in [0.05, 0.1) is 23.9 Å². The first-order chi connectivity index (χ1) is 12.2. The molecule has 2 aromatic carbocycles. The molecule has 0 atom stereocenters. The minimum absolute atomic E-state index is 0.0253. The lowest BCUT2D eigenvalue weighted by Gasteiger charge is -2.28. The summed E-state index contributed by atoms with van der Waals surface area (Å²) >= 11 is 1.53. The fourth-order valence-electron chi connectivity index (χ4n) is 2.63. The van der Waals surface area contributed by atoms with Crippen LogP contribution >= 0.6 is 11.8 Å². The zero-order valence-corrected chi connectivity index (χ0v) is 14.4. The number of nitrogens with one attached hydrogen (secondary N) is 1. The maximum absolute atomic E-state index is 12.2. The van der Waals surface area contributed by atoms with Crippen molar-refractivity contribution >= 4 is 35.0 Å². The van der Waals surface area contributed by atoms with Crippen LogP contribution in [0.25, 0.3) is 0 Å². The molecular formula is C19H17N3O2S. The molecule has 1 N–H and O–H groups in total.